The van der Waals surface area contributed by atoms with Gasteiger partial charge < -0.3 is 14.5 Å². The quantitative estimate of drug-likeness (QED) is 0.685. The number of carbonyl (C=O) groups is 2. The Hall–Kier alpha value is -1.53. The lowest BCUT2D eigenvalue weighted by Gasteiger charge is -2.45. The molecule has 1 aliphatic heterocycles. The predicted molar refractivity (Wildman–Crippen MR) is 96.8 cm³/mol. The van der Waals surface area contributed by atoms with Crippen LogP contribution in [0.1, 0.15) is 46.2 Å². The van der Waals surface area contributed by atoms with E-state index < -0.39 is 11.7 Å². The highest BCUT2D eigenvalue weighted by atomic mass is 35.5. The summed E-state index contributed by atoms with van der Waals surface area (Å²) in [7, 11) is 0. The van der Waals surface area contributed by atoms with Crippen molar-refractivity contribution in [2.45, 2.75) is 52.3 Å². The van der Waals surface area contributed by atoms with Gasteiger partial charge in [0.15, 0.2) is 0 Å². The average Bonchev–Trinajstić information content (AvgIpc) is 2.43. The van der Waals surface area contributed by atoms with Gasteiger partial charge in [0.05, 0.1) is 6.04 Å². The fraction of sp³-hybridized carbons (Fsp3) is 0.588. The maximum Gasteiger partial charge on any atom is 0.410 e. The maximum absolute atomic E-state index is 12.5. The molecule has 0 unspecified atom stereocenters. The third kappa shape index (κ3) is 4.98. The van der Waals surface area contributed by atoms with Gasteiger partial charge in [0.1, 0.15) is 15.9 Å². The van der Waals surface area contributed by atoms with Crippen LogP contribution in [0.25, 0.3) is 0 Å². The van der Waals surface area contributed by atoms with Crippen LogP contribution in [0.4, 0.5) is 4.79 Å². The van der Waals surface area contributed by atoms with E-state index in [0.29, 0.717) is 13.1 Å². The number of rotatable bonds is 1. The van der Waals surface area contributed by atoms with E-state index in [1.807, 2.05) is 27.7 Å². The van der Waals surface area contributed by atoms with Crippen LogP contribution in [0.5, 0.6) is 0 Å². The monoisotopic (exact) mass is 387 g/mol. The molecule has 2 atom stereocenters. The topological polar surface area (TPSA) is 62.7 Å². The fourth-order valence-electron chi connectivity index (χ4n) is 2.86. The molecule has 0 spiro atoms. The molecule has 0 radical (unpaired) electrons. The van der Waals surface area contributed by atoms with Crippen LogP contribution in [-0.2, 0) is 9.53 Å². The van der Waals surface area contributed by atoms with E-state index in [1.54, 1.807) is 21.9 Å². The molecule has 1 fully saturated rings. The molecule has 25 heavy (non-hydrogen) atoms. The average molecular weight is 388 g/mol. The van der Waals surface area contributed by atoms with E-state index in [0.717, 1.165) is 5.56 Å². The van der Waals surface area contributed by atoms with Crippen LogP contribution in [0, 0.1) is 0 Å². The molecule has 1 aliphatic rings. The third-order valence-corrected chi connectivity index (χ3v) is 4.33. The van der Waals surface area contributed by atoms with Crippen molar-refractivity contribution in [1.29, 1.82) is 0 Å². The zero-order valence-electron chi connectivity index (χ0n) is 15.0. The van der Waals surface area contributed by atoms with Gasteiger partial charge in [-0.05, 0) is 45.4 Å². The number of ether oxygens (including phenoxy) is 1. The highest BCUT2D eigenvalue weighted by molar-refractivity contribution is 6.32. The minimum atomic E-state index is -0.590. The molecule has 6 nitrogen and oxygen atoms in total. The molecule has 0 aromatic carbocycles. The summed E-state index contributed by atoms with van der Waals surface area (Å²) >= 11 is 12.0. The van der Waals surface area contributed by atoms with Crippen molar-refractivity contribution in [1.82, 2.24) is 14.8 Å². The highest BCUT2D eigenvalue weighted by Gasteiger charge is 2.38. The molecule has 1 aromatic heterocycles. The van der Waals surface area contributed by atoms with Gasteiger partial charge >= 0.3 is 6.09 Å². The van der Waals surface area contributed by atoms with Gasteiger partial charge in [0.2, 0.25) is 5.91 Å². The van der Waals surface area contributed by atoms with Crippen molar-refractivity contribution in [2.75, 3.05) is 13.1 Å². The normalized spacial score (nSPS) is 21.2. The van der Waals surface area contributed by atoms with Crippen LogP contribution in [0.15, 0.2) is 12.1 Å². The predicted octanol–water partition coefficient (Wildman–Crippen LogP) is 3.92. The number of hydrogen-bond donors (Lipinski definition) is 0. The highest BCUT2D eigenvalue weighted by Crippen LogP contribution is 2.31. The Bertz CT molecular complexity index is 655. The largest absolute Gasteiger partial charge is 0.444 e. The second kappa shape index (κ2) is 7.38. The number of aromatic nitrogens is 1. The molecule has 138 valence electrons. The molecule has 8 heteroatoms. The van der Waals surface area contributed by atoms with Gasteiger partial charge in [0, 0.05) is 26.1 Å². The SMILES string of the molecule is CC(=O)N1C[C@H](C)N(C(=O)OC(C)(C)C)C[C@H]1c1cc(Cl)nc(Cl)c1. The Labute approximate surface area is 158 Å². The summed E-state index contributed by atoms with van der Waals surface area (Å²) in [5.41, 5.74) is 0.147. The molecule has 1 saturated heterocycles. The number of piperazine rings is 1. The lowest BCUT2D eigenvalue weighted by atomic mass is 10.0. The standard InChI is InChI=1S/C17H23Cl2N3O3/c1-10-8-22(11(2)23)13(12-6-14(18)20-15(19)7-12)9-21(10)16(24)25-17(3,4)5/h6-7,10,13H,8-9H2,1-5H3/t10-,13-/m0/s1. The summed E-state index contributed by atoms with van der Waals surface area (Å²) in [5, 5.41) is 0.488. The molecule has 0 aliphatic carbocycles. The molecular formula is C17H23Cl2N3O3. The number of halogens is 2. The Morgan fingerprint density at radius 3 is 2.20 bits per heavy atom. The number of nitrogens with zero attached hydrogens (tertiary/aromatic N) is 3. The van der Waals surface area contributed by atoms with Crippen LogP contribution >= 0.6 is 23.2 Å². The van der Waals surface area contributed by atoms with Crippen molar-refractivity contribution >= 4 is 35.2 Å². The second-order valence-electron chi connectivity index (χ2n) is 7.21. The van der Waals surface area contributed by atoms with Gasteiger partial charge in [-0.3, -0.25) is 4.79 Å². The van der Waals surface area contributed by atoms with E-state index in [9.17, 15) is 9.59 Å². The third-order valence-electron chi connectivity index (χ3n) is 3.94. The lowest BCUT2D eigenvalue weighted by molar-refractivity contribution is -0.135. The van der Waals surface area contributed by atoms with Crippen molar-refractivity contribution < 1.29 is 14.3 Å². The van der Waals surface area contributed by atoms with Crippen molar-refractivity contribution in [3.8, 4) is 0 Å². The minimum absolute atomic E-state index is 0.0789. The second-order valence-corrected chi connectivity index (χ2v) is 7.99. The summed E-state index contributed by atoms with van der Waals surface area (Å²) in [6.07, 6.45) is -0.403. The number of hydrogen-bond acceptors (Lipinski definition) is 4. The molecule has 1 aromatic rings. The van der Waals surface area contributed by atoms with Crippen molar-refractivity contribution in [2.24, 2.45) is 0 Å². The smallest absolute Gasteiger partial charge is 0.410 e. The Morgan fingerprint density at radius 2 is 1.72 bits per heavy atom. The summed E-state index contributed by atoms with van der Waals surface area (Å²) in [4.78, 5) is 32.0. The first-order valence-electron chi connectivity index (χ1n) is 8.07. The van der Waals surface area contributed by atoms with E-state index in [2.05, 4.69) is 4.98 Å². The zero-order chi connectivity index (χ0) is 18.9. The number of pyridine rings is 1. The van der Waals surface area contributed by atoms with Crippen LogP contribution < -0.4 is 0 Å². The first kappa shape index (κ1) is 19.8. The van der Waals surface area contributed by atoms with E-state index >= 15 is 0 Å². The van der Waals surface area contributed by atoms with Gasteiger partial charge in [-0.15, -0.1) is 0 Å². The summed E-state index contributed by atoms with van der Waals surface area (Å²) in [5.74, 6) is -0.0789. The molecule has 0 N–H and O–H groups in total. The van der Waals surface area contributed by atoms with Gasteiger partial charge in [-0.1, -0.05) is 23.2 Å². The number of amides is 2. The molecule has 0 saturated carbocycles. The zero-order valence-corrected chi connectivity index (χ0v) is 16.6. The van der Waals surface area contributed by atoms with E-state index in [-0.39, 0.29) is 28.3 Å². The minimum Gasteiger partial charge on any atom is -0.444 e. The van der Waals surface area contributed by atoms with Gasteiger partial charge in [-0.2, -0.15) is 0 Å². The summed E-state index contributed by atoms with van der Waals surface area (Å²) in [6.45, 7) is 9.56. The van der Waals surface area contributed by atoms with Gasteiger partial charge in [-0.25, -0.2) is 9.78 Å². The Kier molecular flexibility index (Phi) is 5.84. The lowest BCUT2D eigenvalue weighted by Crippen LogP contribution is -2.57. The van der Waals surface area contributed by atoms with Crippen molar-refractivity contribution in [3.63, 3.8) is 0 Å². The molecule has 2 heterocycles. The maximum atomic E-state index is 12.5. The molecule has 2 rings (SSSR count). The van der Waals surface area contributed by atoms with Crippen LogP contribution in [0.2, 0.25) is 10.3 Å². The summed E-state index contributed by atoms with van der Waals surface area (Å²) < 4.78 is 5.49. The Balaban J connectivity index is 2.34. The van der Waals surface area contributed by atoms with E-state index in [1.165, 1.54) is 6.92 Å². The molecule has 0 bridgehead atoms. The van der Waals surface area contributed by atoms with Gasteiger partial charge in [0.25, 0.3) is 0 Å². The van der Waals surface area contributed by atoms with Crippen LogP contribution in [0.3, 0.4) is 0 Å². The number of carbonyl (C=O) groups excluding carboxylic acids is 2. The first-order valence-corrected chi connectivity index (χ1v) is 8.83. The molecular weight excluding hydrogens is 365 g/mol. The van der Waals surface area contributed by atoms with Crippen molar-refractivity contribution in [3.05, 3.63) is 28.0 Å². The van der Waals surface area contributed by atoms with E-state index in [4.69, 9.17) is 27.9 Å². The summed E-state index contributed by atoms with van der Waals surface area (Å²) in [6, 6.07) is 2.80. The molecule has 2 amide bonds. The fourth-order valence-corrected chi connectivity index (χ4v) is 3.34. The van der Waals surface area contributed by atoms with Crippen LogP contribution in [-0.4, -0.2) is 51.5 Å². The Morgan fingerprint density at radius 1 is 1.16 bits per heavy atom. The first-order chi connectivity index (χ1) is 11.5.